The van der Waals surface area contributed by atoms with Crippen LogP contribution in [-0.2, 0) is 55.8 Å². The molecule has 0 aliphatic heterocycles. The number of hydrogen-bond donors (Lipinski definition) is 4. The van der Waals surface area contributed by atoms with Crippen molar-refractivity contribution in [3.05, 3.63) is 97.2 Å². The average molecular weight is 1300 g/mol. The third-order valence-electron chi connectivity index (χ3n) is 14.3. The van der Waals surface area contributed by atoms with Gasteiger partial charge in [-0.05, 0) is 122 Å². The maximum Gasteiger partial charge on any atom is 0.472 e. The Labute approximate surface area is 539 Å². The summed E-state index contributed by atoms with van der Waals surface area (Å²) in [4.78, 5) is 58.3. The van der Waals surface area contributed by atoms with Gasteiger partial charge in [-0.2, -0.15) is 0 Å². The van der Waals surface area contributed by atoms with Crippen LogP contribution in [0.5, 0.6) is 0 Å². The van der Waals surface area contributed by atoms with Gasteiger partial charge in [-0.1, -0.05) is 234 Å². The molecule has 0 amide bonds. The summed E-state index contributed by atoms with van der Waals surface area (Å²) in [6.07, 6.45) is 70.3. The van der Waals surface area contributed by atoms with Gasteiger partial charge in [0, 0.05) is 19.3 Å². The highest BCUT2D eigenvalue weighted by Gasteiger charge is 2.29. The lowest BCUT2D eigenvalue weighted by atomic mass is 10.1. The number of allylic oxidation sites excluding steroid dienone is 16. The van der Waals surface area contributed by atoms with Gasteiger partial charge in [0.25, 0.3) is 0 Å². The van der Waals surface area contributed by atoms with E-state index in [4.69, 9.17) is 32.3 Å². The Morgan fingerprint density at radius 2 is 0.573 bits per heavy atom. The molecule has 0 aliphatic rings. The number of unbranched alkanes of at least 4 members (excludes halogenated alkanes) is 26. The highest BCUT2D eigenvalue weighted by atomic mass is 31.2. The maximum absolute atomic E-state index is 12.9. The van der Waals surface area contributed by atoms with E-state index in [9.17, 15) is 43.5 Å². The number of rotatable bonds is 65. The lowest BCUT2D eigenvalue weighted by Gasteiger charge is -2.21. The van der Waals surface area contributed by atoms with Crippen LogP contribution in [0.2, 0.25) is 0 Å². The third kappa shape index (κ3) is 65.8. The molecule has 89 heavy (non-hydrogen) atoms. The Morgan fingerprint density at radius 3 is 0.933 bits per heavy atom. The lowest BCUT2D eigenvalue weighted by Crippen LogP contribution is -2.30. The van der Waals surface area contributed by atoms with Crippen molar-refractivity contribution in [2.45, 2.75) is 296 Å². The second-order valence-electron chi connectivity index (χ2n) is 23.0. The van der Waals surface area contributed by atoms with Gasteiger partial charge in [-0.3, -0.25) is 32.5 Å². The van der Waals surface area contributed by atoms with Crippen LogP contribution < -0.4 is 0 Å². The van der Waals surface area contributed by atoms with Crippen LogP contribution in [-0.4, -0.2) is 95.9 Å². The molecule has 0 fully saturated rings. The van der Waals surface area contributed by atoms with E-state index in [1.54, 1.807) is 0 Å². The lowest BCUT2D eigenvalue weighted by molar-refractivity contribution is -0.161. The van der Waals surface area contributed by atoms with E-state index < -0.39 is 91.5 Å². The maximum atomic E-state index is 12.9. The minimum absolute atomic E-state index is 0.0901. The second kappa shape index (κ2) is 64.6. The first-order valence-electron chi connectivity index (χ1n) is 34.5. The van der Waals surface area contributed by atoms with Gasteiger partial charge < -0.3 is 34.2 Å². The van der Waals surface area contributed by atoms with E-state index in [-0.39, 0.29) is 19.3 Å². The minimum Gasteiger partial charge on any atom is -0.463 e. The van der Waals surface area contributed by atoms with Crippen LogP contribution in [0.1, 0.15) is 278 Å². The number of esters is 3. The first kappa shape index (κ1) is 85.5. The summed E-state index contributed by atoms with van der Waals surface area (Å²) in [5, 5.41) is 20.5. The molecule has 5 unspecified atom stereocenters. The molecule has 0 aromatic rings. The number of carbonyl (C=O) groups excluding carboxylic acids is 3. The molecule has 0 spiro atoms. The first-order valence-corrected chi connectivity index (χ1v) is 37.5. The van der Waals surface area contributed by atoms with Gasteiger partial charge in [0.2, 0.25) is 0 Å². The standard InChI is InChI=1S/C71H124O16P2/c1-4-7-10-13-16-19-22-24-26-28-30-31-32-33-35-37-38-40-43-45-48-51-54-57-69(74)81-60-66(72)61-83-88(77,78)84-62-67(73)63-85-89(79,80)86-65-68(87-71(76)59-56-53-50-47-42-21-18-15-12-9-6-3)64-82-70(75)58-55-52-49-46-44-41-39-36-34-29-27-25-23-20-17-14-11-8-5-2/h15-20,24-27,30-31,33-36,66-68,72-73H,4-14,21-23,28-29,32,37-65H2,1-3H3,(H,77,78)(H,79,80)/b18-15-,19-16-,20-17-,26-24-,27-25-,31-30-,35-33-,36-34-. The van der Waals surface area contributed by atoms with E-state index in [2.05, 4.69) is 118 Å². The topological polar surface area (TPSA) is 231 Å². The monoisotopic (exact) mass is 1290 g/mol. The van der Waals surface area contributed by atoms with Crippen molar-refractivity contribution < 1.29 is 75.8 Å². The van der Waals surface area contributed by atoms with Crippen molar-refractivity contribution >= 4 is 33.6 Å². The number of phosphoric acid groups is 2. The minimum atomic E-state index is -4.93. The number of aliphatic hydroxyl groups excluding tert-OH is 2. The Balaban J connectivity index is 4.57. The fourth-order valence-corrected chi connectivity index (χ4v) is 10.5. The summed E-state index contributed by atoms with van der Waals surface area (Å²) in [7, 11) is -9.78. The van der Waals surface area contributed by atoms with E-state index in [0.717, 1.165) is 161 Å². The summed E-state index contributed by atoms with van der Waals surface area (Å²) < 4.78 is 60.8. The Hall–Kier alpha value is -3.53. The molecule has 4 N–H and O–H groups in total. The van der Waals surface area contributed by atoms with Crippen molar-refractivity contribution in [1.29, 1.82) is 0 Å². The van der Waals surface area contributed by atoms with Gasteiger partial charge in [0.05, 0.1) is 26.4 Å². The molecule has 0 aliphatic carbocycles. The van der Waals surface area contributed by atoms with Gasteiger partial charge in [-0.15, -0.1) is 0 Å². The quantitative estimate of drug-likeness (QED) is 0.0146. The molecule has 18 heteroatoms. The highest BCUT2D eigenvalue weighted by Crippen LogP contribution is 2.45. The molecule has 0 bridgehead atoms. The normalized spacial score (nSPS) is 14.8. The van der Waals surface area contributed by atoms with Crippen molar-refractivity contribution in [2.24, 2.45) is 0 Å². The molecular formula is C71H124O16P2. The van der Waals surface area contributed by atoms with Crippen LogP contribution in [0.15, 0.2) is 97.2 Å². The molecule has 0 aromatic heterocycles. The Bertz CT molecular complexity index is 2010. The van der Waals surface area contributed by atoms with Crippen LogP contribution in [0.25, 0.3) is 0 Å². The number of carbonyl (C=O) groups is 3. The first-order chi connectivity index (χ1) is 43.2. The predicted molar refractivity (Wildman–Crippen MR) is 362 cm³/mol. The molecular weight excluding hydrogens is 1170 g/mol. The van der Waals surface area contributed by atoms with Crippen LogP contribution in [0.3, 0.4) is 0 Å². The van der Waals surface area contributed by atoms with Crippen molar-refractivity contribution in [2.75, 3.05) is 39.6 Å². The molecule has 0 radical (unpaired) electrons. The molecule has 0 rings (SSSR count). The average Bonchev–Trinajstić information content (AvgIpc) is 3.64. The van der Waals surface area contributed by atoms with Gasteiger partial charge in [-0.25, -0.2) is 9.13 Å². The van der Waals surface area contributed by atoms with Gasteiger partial charge in [0.15, 0.2) is 6.10 Å². The van der Waals surface area contributed by atoms with E-state index >= 15 is 0 Å². The zero-order chi connectivity index (χ0) is 65.3. The van der Waals surface area contributed by atoms with E-state index in [1.807, 2.05) is 0 Å². The van der Waals surface area contributed by atoms with Gasteiger partial charge >= 0.3 is 33.6 Å². The Kier molecular flexibility index (Phi) is 62.0. The zero-order valence-corrected chi connectivity index (χ0v) is 57.4. The highest BCUT2D eigenvalue weighted by molar-refractivity contribution is 7.47. The molecule has 16 nitrogen and oxygen atoms in total. The number of aliphatic hydroxyl groups is 2. The largest absolute Gasteiger partial charge is 0.472 e. The number of hydrogen-bond acceptors (Lipinski definition) is 14. The second-order valence-corrected chi connectivity index (χ2v) is 25.9. The summed E-state index contributed by atoms with van der Waals surface area (Å²) in [6.45, 7) is 2.53. The fraction of sp³-hybridized carbons (Fsp3) is 0.732. The van der Waals surface area contributed by atoms with Crippen molar-refractivity contribution in [3.8, 4) is 0 Å². The van der Waals surface area contributed by atoms with Gasteiger partial charge in [0.1, 0.15) is 25.4 Å². The fourth-order valence-electron chi connectivity index (χ4n) is 8.89. The summed E-state index contributed by atoms with van der Waals surface area (Å²) in [5.74, 6) is -1.61. The van der Waals surface area contributed by atoms with E-state index in [1.165, 1.54) is 57.8 Å². The molecule has 0 aromatic carbocycles. The smallest absolute Gasteiger partial charge is 0.463 e. The molecule has 0 saturated carbocycles. The molecule has 0 saturated heterocycles. The van der Waals surface area contributed by atoms with Crippen molar-refractivity contribution in [3.63, 3.8) is 0 Å². The third-order valence-corrected chi connectivity index (χ3v) is 16.2. The number of phosphoric ester groups is 2. The summed E-state index contributed by atoms with van der Waals surface area (Å²) >= 11 is 0. The number of ether oxygens (including phenoxy) is 3. The Morgan fingerprint density at radius 1 is 0.315 bits per heavy atom. The summed E-state index contributed by atoms with van der Waals surface area (Å²) in [6, 6.07) is 0. The summed E-state index contributed by atoms with van der Waals surface area (Å²) in [5.41, 5.74) is 0. The van der Waals surface area contributed by atoms with Crippen LogP contribution >= 0.6 is 15.6 Å². The predicted octanol–water partition coefficient (Wildman–Crippen LogP) is 19.1. The molecule has 5 atom stereocenters. The molecule has 0 heterocycles. The van der Waals surface area contributed by atoms with Crippen molar-refractivity contribution in [1.82, 2.24) is 0 Å². The zero-order valence-electron chi connectivity index (χ0n) is 55.6. The SMILES string of the molecule is CCCC/C=C\CCCCCCCC(=O)OC(COC(=O)CCCCCCCC/C=C\C/C=C\C/C=C\CCCCC)COP(=O)(O)OCC(O)COP(=O)(O)OCC(O)COC(=O)CCCCCCCCC/C=C\C/C=C\C/C=C\C/C=C\CCCCC. The van der Waals surface area contributed by atoms with Crippen LogP contribution in [0.4, 0.5) is 0 Å². The molecule has 514 valence electrons. The van der Waals surface area contributed by atoms with Crippen LogP contribution in [0, 0.1) is 0 Å². The van der Waals surface area contributed by atoms with E-state index in [0.29, 0.717) is 19.3 Å².